The van der Waals surface area contributed by atoms with Gasteiger partial charge in [0.1, 0.15) is 0 Å². The van der Waals surface area contributed by atoms with Gasteiger partial charge in [0.05, 0.1) is 6.61 Å². The fraction of sp³-hybridized carbons (Fsp3) is 0.867. The number of hydrogen-bond donors (Lipinski definition) is 2. The second-order valence-electron chi connectivity index (χ2n) is 6.10. The van der Waals surface area contributed by atoms with Gasteiger partial charge in [-0.2, -0.15) is 0 Å². The van der Waals surface area contributed by atoms with Gasteiger partial charge in [0, 0.05) is 19.0 Å². The van der Waals surface area contributed by atoms with Crippen molar-refractivity contribution in [2.75, 3.05) is 13.2 Å². The smallest absolute Gasteiger partial charge is 0.315 e. The van der Waals surface area contributed by atoms with Crippen molar-refractivity contribution >= 4 is 12.0 Å². The van der Waals surface area contributed by atoms with E-state index in [0.717, 1.165) is 19.3 Å². The second-order valence-corrected chi connectivity index (χ2v) is 6.10. The first-order valence-corrected chi connectivity index (χ1v) is 7.47. The first kappa shape index (κ1) is 18.7. The molecular formula is C15H30N2O3. The lowest BCUT2D eigenvalue weighted by Gasteiger charge is -2.28. The fourth-order valence-electron chi connectivity index (χ4n) is 1.47. The molecule has 0 rings (SSSR count). The molecular weight excluding hydrogens is 256 g/mol. The molecule has 0 radical (unpaired) electrons. The highest BCUT2D eigenvalue weighted by atomic mass is 16.5. The number of ether oxygens (including phenoxy) is 1. The summed E-state index contributed by atoms with van der Waals surface area (Å²) >= 11 is 0. The normalized spacial score (nSPS) is 12.7. The van der Waals surface area contributed by atoms with Crippen LogP contribution in [0, 0.1) is 5.41 Å². The number of urea groups is 1. The standard InChI is InChI=1S/C15H30N2O3/c1-6-20-13(18)10-8-7-9-11-16-14(19)17-12(2)15(3,4)5/h12H,6-11H2,1-5H3,(H2,16,17,19). The van der Waals surface area contributed by atoms with Crippen LogP contribution in [0.5, 0.6) is 0 Å². The number of rotatable bonds is 8. The van der Waals surface area contributed by atoms with Gasteiger partial charge in [0.25, 0.3) is 0 Å². The molecule has 0 saturated heterocycles. The van der Waals surface area contributed by atoms with Crippen LogP contribution < -0.4 is 10.6 Å². The van der Waals surface area contributed by atoms with Crippen molar-refractivity contribution in [3.05, 3.63) is 0 Å². The van der Waals surface area contributed by atoms with Crippen molar-refractivity contribution in [1.82, 2.24) is 10.6 Å². The highest BCUT2D eigenvalue weighted by Gasteiger charge is 2.21. The van der Waals surface area contributed by atoms with Crippen LogP contribution in [0.25, 0.3) is 0 Å². The van der Waals surface area contributed by atoms with Crippen molar-refractivity contribution in [2.45, 2.75) is 66.3 Å². The van der Waals surface area contributed by atoms with Gasteiger partial charge in [-0.05, 0) is 32.1 Å². The first-order valence-electron chi connectivity index (χ1n) is 7.47. The molecule has 0 fully saturated rings. The largest absolute Gasteiger partial charge is 0.466 e. The van der Waals surface area contributed by atoms with Crippen molar-refractivity contribution in [2.24, 2.45) is 5.41 Å². The molecule has 0 aromatic carbocycles. The van der Waals surface area contributed by atoms with Gasteiger partial charge < -0.3 is 15.4 Å². The number of nitrogens with one attached hydrogen (secondary N) is 2. The minimum absolute atomic E-state index is 0.0526. The zero-order valence-corrected chi connectivity index (χ0v) is 13.5. The third kappa shape index (κ3) is 9.64. The Morgan fingerprint density at radius 2 is 1.80 bits per heavy atom. The zero-order valence-electron chi connectivity index (χ0n) is 13.5. The van der Waals surface area contributed by atoms with Crippen LogP contribution in [0.1, 0.15) is 60.3 Å². The molecule has 0 aromatic heterocycles. The van der Waals surface area contributed by atoms with Gasteiger partial charge in [-0.25, -0.2) is 4.79 Å². The molecule has 1 atom stereocenters. The van der Waals surface area contributed by atoms with Gasteiger partial charge in [-0.15, -0.1) is 0 Å². The van der Waals surface area contributed by atoms with E-state index in [1.165, 1.54) is 0 Å². The Hall–Kier alpha value is -1.26. The van der Waals surface area contributed by atoms with Crippen LogP contribution in [0.15, 0.2) is 0 Å². The molecule has 118 valence electrons. The van der Waals surface area contributed by atoms with E-state index in [9.17, 15) is 9.59 Å². The lowest BCUT2D eigenvalue weighted by Crippen LogP contribution is -2.46. The van der Waals surface area contributed by atoms with Crippen LogP contribution in [0.4, 0.5) is 4.79 Å². The van der Waals surface area contributed by atoms with Crippen molar-refractivity contribution in [3.8, 4) is 0 Å². The van der Waals surface area contributed by atoms with E-state index in [1.807, 2.05) is 6.92 Å². The molecule has 0 aliphatic heterocycles. The van der Waals surface area contributed by atoms with Crippen LogP contribution in [-0.2, 0) is 9.53 Å². The highest BCUT2D eigenvalue weighted by molar-refractivity contribution is 5.74. The maximum absolute atomic E-state index is 11.6. The Balaban J connectivity index is 3.56. The van der Waals surface area contributed by atoms with E-state index in [1.54, 1.807) is 6.92 Å². The third-order valence-electron chi connectivity index (χ3n) is 3.30. The molecule has 0 bridgehead atoms. The lowest BCUT2D eigenvalue weighted by atomic mass is 9.88. The van der Waals surface area contributed by atoms with Gasteiger partial charge in [0.2, 0.25) is 0 Å². The molecule has 0 aliphatic carbocycles. The molecule has 20 heavy (non-hydrogen) atoms. The summed E-state index contributed by atoms with van der Waals surface area (Å²) in [7, 11) is 0. The summed E-state index contributed by atoms with van der Waals surface area (Å²) in [4.78, 5) is 22.7. The Kier molecular flexibility index (Phi) is 9.01. The predicted molar refractivity (Wildman–Crippen MR) is 80.6 cm³/mol. The molecule has 5 heteroatoms. The Morgan fingerprint density at radius 3 is 2.35 bits per heavy atom. The monoisotopic (exact) mass is 286 g/mol. The van der Waals surface area contributed by atoms with Crippen LogP contribution in [0.3, 0.4) is 0 Å². The zero-order chi connectivity index (χ0) is 15.6. The molecule has 0 spiro atoms. The van der Waals surface area contributed by atoms with E-state index >= 15 is 0 Å². The summed E-state index contributed by atoms with van der Waals surface area (Å²) in [5.74, 6) is -0.141. The average molecular weight is 286 g/mol. The molecule has 0 aliphatic rings. The minimum Gasteiger partial charge on any atom is -0.466 e. The number of unbranched alkanes of at least 4 members (excludes halogenated alkanes) is 2. The predicted octanol–water partition coefficient (Wildman–Crippen LogP) is 2.84. The number of hydrogen-bond acceptors (Lipinski definition) is 3. The van der Waals surface area contributed by atoms with E-state index in [0.29, 0.717) is 19.6 Å². The summed E-state index contributed by atoms with van der Waals surface area (Å²) in [6, 6.07) is -0.0101. The molecule has 0 aromatic rings. The van der Waals surface area contributed by atoms with E-state index in [2.05, 4.69) is 31.4 Å². The molecule has 1 unspecified atom stereocenters. The summed E-state index contributed by atoms with van der Waals surface area (Å²) in [6.45, 7) is 11.1. The number of esters is 1. The SMILES string of the molecule is CCOC(=O)CCCCCNC(=O)NC(C)C(C)(C)C. The van der Waals surface area contributed by atoms with Gasteiger partial charge >= 0.3 is 12.0 Å². The summed E-state index contributed by atoms with van der Waals surface area (Å²) in [6.07, 6.45) is 3.05. The van der Waals surface area contributed by atoms with E-state index < -0.39 is 0 Å². The van der Waals surface area contributed by atoms with Crippen molar-refractivity contribution < 1.29 is 14.3 Å². The summed E-state index contributed by atoms with van der Waals surface area (Å²) < 4.78 is 4.84. The van der Waals surface area contributed by atoms with Gasteiger partial charge in [0.15, 0.2) is 0 Å². The highest BCUT2D eigenvalue weighted by Crippen LogP contribution is 2.18. The van der Waals surface area contributed by atoms with Gasteiger partial charge in [-0.3, -0.25) is 4.79 Å². The number of amides is 2. The van der Waals surface area contributed by atoms with Crippen LogP contribution >= 0.6 is 0 Å². The quantitative estimate of drug-likeness (QED) is 0.532. The van der Waals surface area contributed by atoms with Crippen molar-refractivity contribution in [1.29, 1.82) is 0 Å². The molecule has 2 N–H and O–H groups in total. The number of carbonyl (C=O) groups excluding carboxylic acids is 2. The van der Waals surface area contributed by atoms with E-state index in [-0.39, 0.29) is 23.5 Å². The maximum Gasteiger partial charge on any atom is 0.315 e. The molecule has 0 saturated carbocycles. The van der Waals surface area contributed by atoms with Crippen LogP contribution in [0.2, 0.25) is 0 Å². The Morgan fingerprint density at radius 1 is 1.15 bits per heavy atom. The maximum atomic E-state index is 11.6. The second kappa shape index (κ2) is 9.61. The Labute approximate surface area is 122 Å². The molecule has 5 nitrogen and oxygen atoms in total. The topological polar surface area (TPSA) is 67.4 Å². The molecule has 0 heterocycles. The van der Waals surface area contributed by atoms with E-state index in [4.69, 9.17) is 4.74 Å². The molecule has 2 amide bonds. The minimum atomic E-state index is -0.141. The average Bonchev–Trinajstić information content (AvgIpc) is 2.32. The van der Waals surface area contributed by atoms with Gasteiger partial charge in [-0.1, -0.05) is 27.2 Å². The first-order chi connectivity index (χ1) is 9.27. The number of carbonyl (C=O) groups is 2. The van der Waals surface area contributed by atoms with Crippen molar-refractivity contribution in [3.63, 3.8) is 0 Å². The summed E-state index contributed by atoms with van der Waals surface area (Å²) in [5, 5.41) is 5.75. The Bertz CT molecular complexity index is 298. The fourth-order valence-corrected chi connectivity index (χ4v) is 1.47. The summed E-state index contributed by atoms with van der Waals surface area (Å²) in [5.41, 5.74) is 0.0526. The van der Waals surface area contributed by atoms with Crippen LogP contribution in [-0.4, -0.2) is 31.2 Å². The third-order valence-corrected chi connectivity index (χ3v) is 3.30. The lowest BCUT2D eigenvalue weighted by molar-refractivity contribution is -0.143.